The van der Waals surface area contributed by atoms with Gasteiger partial charge in [-0.3, -0.25) is 15.0 Å². The van der Waals surface area contributed by atoms with Crippen LogP contribution in [0.5, 0.6) is 0 Å². The Balaban J connectivity index is 1.49. The summed E-state index contributed by atoms with van der Waals surface area (Å²) in [4.78, 5) is 12.5. The van der Waals surface area contributed by atoms with Gasteiger partial charge in [0.1, 0.15) is 0 Å². The monoisotopic (exact) mass is 553 g/mol. The van der Waals surface area contributed by atoms with E-state index in [0.717, 1.165) is 66.8 Å². The molecule has 0 aliphatic rings. The van der Waals surface area contributed by atoms with Gasteiger partial charge in [-0.1, -0.05) is 72.8 Å². The van der Waals surface area contributed by atoms with Crippen molar-refractivity contribution in [2.45, 2.75) is 6.92 Å². The van der Waals surface area contributed by atoms with E-state index in [9.17, 15) is 0 Å². The molecule has 0 radical (unpaired) electrons. The van der Waals surface area contributed by atoms with E-state index in [1.54, 1.807) is 18.6 Å². The summed E-state index contributed by atoms with van der Waals surface area (Å²) in [6.45, 7) is 5.64. The van der Waals surface area contributed by atoms with Gasteiger partial charge in [-0.2, -0.15) is 0 Å². The third kappa shape index (κ3) is 6.47. The van der Waals surface area contributed by atoms with E-state index >= 15 is 0 Å². The molecule has 0 unspecified atom stereocenters. The number of benzene rings is 4. The van der Waals surface area contributed by atoms with E-state index in [-0.39, 0.29) is 0 Å². The average Bonchev–Trinajstić information content (AvgIpc) is 3.09. The average molecular weight is 554 g/mol. The number of nitrogens with zero attached hydrogens (tertiary/aromatic N) is 3. The number of rotatable bonds is 8. The molecular formula is C40H31N3. The van der Waals surface area contributed by atoms with Crippen LogP contribution in [-0.4, -0.2) is 16.7 Å². The molecule has 0 spiro atoms. The quantitative estimate of drug-likeness (QED) is 0.139. The lowest BCUT2D eigenvalue weighted by Crippen LogP contribution is -1.89. The molecule has 6 aromatic rings. The standard InChI is InChI=1S/C40H31N3/c1-29(9-6-18-41-2)30-10-3-13-33(21-30)38-24-39(34-14-4-11-31(22-34)36-16-7-19-42-27-36)26-40(25-38)35-15-5-12-32(23-35)37-17-8-20-43-28-37/h3-28H,2H2,1H3/b18-6-,29-9+. The van der Waals surface area contributed by atoms with Crippen LogP contribution >= 0.6 is 0 Å². The molecule has 6 rings (SSSR count). The molecule has 0 aliphatic carbocycles. The van der Waals surface area contributed by atoms with Crippen molar-refractivity contribution in [2.24, 2.45) is 4.99 Å². The number of hydrogen-bond donors (Lipinski definition) is 0. The highest BCUT2D eigenvalue weighted by molar-refractivity contribution is 5.85. The molecule has 3 nitrogen and oxygen atoms in total. The van der Waals surface area contributed by atoms with E-state index in [0.29, 0.717) is 0 Å². The first-order chi connectivity index (χ1) is 21.2. The van der Waals surface area contributed by atoms with E-state index in [1.807, 2.05) is 30.6 Å². The summed E-state index contributed by atoms with van der Waals surface area (Å²) in [7, 11) is 0. The molecule has 43 heavy (non-hydrogen) atoms. The van der Waals surface area contributed by atoms with Crippen molar-refractivity contribution < 1.29 is 0 Å². The molecule has 0 atom stereocenters. The van der Waals surface area contributed by atoms with Crippen molar-refractivity contribution in [1.29, 1.82) is 0 Å². The Kier molecular flexibility index (Phi) is 8.24. The van der Waals surface area contributed by atoms with Crippen molar-refractivity contribution in [2.75, 3.05) is 0 Å². The van der Waals surface area contributed by atoms with Crippen molar-refractivity contribution in [3.05, 3.63) is 164 Å². The fraction of sp³-hybridized carbons (Fsp3) is 0.0250. The van der Waals surface area contributed by atoms with E-state index in [4.69, 9.17) is 0 Å². The van der Waals surface area contributed by atoms with Crippen LogP contribution in [-0.2, 0) is 0 Å². The first-order valence-corrected chi connectivity index (χ1v) is 14.2. The van der Waals surface area contributed by atoms with Gasteiger partial charge in [-0.15, -0.1) is 0 Å². The zero-order valence-electron chi connectivity index (χ0n) is 24.1. The van der Waals surface area contributed by atoms with Crippen molar-refractivity contribution in [3.8, 4) is 55.6 Å². The fourth-order valence-corrected chi connectivity index (χ4v) is 5.24. The van der Waals surface area contributed by atoms with Crippen LogP contribution in [0.25, 0.3) is 61.2 Å². The molecular weight excluding hydrogens is 522 g/mol. The van der Waals surface area contributed by atoms with Crippen LogP contribution in [0, 0.1) is 0 Å². The first-order valence-electron chi connectivity index (χ1n) is 14.2. The van der Waals surface area contributed by atoms with Crippen molar-refractivity contribution in [3.63, 3.8) is 0 Å². The van der Waals surface area contributed by atoms with Gasteiger partial charge < -0.3 is 0 Å². The normalized spacial score (nSPS) is 11.5. The van der Waals surface area contributed by atoms with Gasteiger partial charge in [0.05, 0.1) is 0 Å². The molecule has 206 valence electrons. The predicted molar refractivity (Wildman–Crippen MR) is 182 cm³/mol. The molecule has 0 amide bonds. The SMILES string of the molecule is C=N/C=C\C=C(/C)c1cccc(-c2cc(-c3cccc(-c4cccnc4)c3)cc(-c3cccc(-c4cccnc4)c3)c2)c1. The van der Waals surface area contributed by atoms with Crippen LogP contribution in [0.3, 0.4) is 0 Å². The topological polar surface area (TPSA) is 38.1 Å². The maximum Gasteiger partial charge on any atom is 0.0346 e. The summed E-state index contributed by atoms with van der Waals surface area (Å²) in [5.74, 6) is 0. The molecule has 0 fully saturated rings. The first kappa shape index (κ1) is 27.5. The minimum atomic E-state index is 1.10. The molecule has 3 heteroatoms. The second kappa shape index (κ2) is 12.9. The Bertz CT molecular complexity index is 1840. The number of aromatic nitrogens is 2. The Hall–Kier alpha value is -5.67. The summed E-state index contributed by atoms with van der Waals surface area (Å²) in [6.07, 6.45) is 13.1. The lowest BCUT2D eigenvalue weighted by atomic mass is 9.90. The van der Waals surface area contributed by atoms with Gasteiger partial charge in [0.25, 0.3) is 0 Å². The molecule has 0 bridgehead atoms. The highest BCUT2D eigenvalue weighted by atomic mass is 14.6. The molecule has 2 heterocycles. The van der Waals surface area contributed by atoms with Gasteiger partial charge in [-0.05, 0) is 124 Å². The third-order valence-electron chi connectivity index (χ3n) is 7.50. The smallest absolute Gasteiger partial charge is 0.0346 e. The van der Waals surface area contributed by atoms with Crippen LogP contribution in [0.4, 0.5) is 0 Å². The maximum absolute atomic E-state index is 4.33. The summed E-state index contributed by atoms with van der Waals surface area (Å²) >= 11 is 0. The Morgan fingerprint density at radius 2 is 0.953 bits per heavy atom. The Labute approximate surface area is 253 Å². The lowest BCUT2D eigenvalue weighted by molar-refractivity contribution is 1.33. The van der Waals surface area contributed by atoms with E-state index in [1.165, 1.54) is 0 Å². The zero-order chi connectivity index (χ0) is 29.4. The maximum atomic E-state index is 4.33. The number of hydrogen-bond acceptors (Lipinski definition) is 3. The predicted octanol–water partition coefficient (Wildman–Crippen LogP) is 10.4. The van der Waals surface area contributed by atoms with Gasteiger partial charge >= 0.3 is 0 Å². The van der Waals surface area contributed by atoms with Crippen LogP contribution < -0.4 is 0 Å². The molecule has 2 aromatic heterocycles. The summed E-state index contributed by atoms with van der Waals surface area (Å²) in [5, 5.41) is 0. The highest BCUT2D eigenvalue weighted by Gasteiger charge is 2.11. The van der Waals surface area contributed by atoms with E-state index in [2.05, 4.69) is 138 Å². The number of aliphatic imine (C=N–C) groups is 1. The van der Waals surface area contributed by atoms with Gasteiger partial charge in [0, 0.05) is 42.1 Å². The zero-order valence-corrected chi connectivity index (χ0v) is 24.1. The number of allylic oxidation sites excluding steroid dienone is 3. The second-order valence-electron chi connectivity index (χ2n) is 10.4. The molecule has 0 saturated heterocycles. The van der Waals surface area contributed by atoms with Gasteiger partial charge in [0.15, 0.2) is 0 Å². The highest BCUT2D eigenvalue weighted by Crippen LogP contribution is 2.36. The molecule has 4 aromatic carbocycles. The van der Waals surface area contributed by atoms with Crippen LogP contribution in [0.1, 0.15) is 12.5 Å². The Morgan fingerprint density at radius 3 is 1.42 bits per heavy atom. The van der Waals surface area contributed by atoms with Crippen molar-refractivity contribution in [1.82, 2.24) is 9.97 Å². The molecule has 0 aliphatic heterocycles. The second-order valence-corrected chi connectivity index (χ2v) is 10.4. The fourth-order valence-electron chi connectivity index (χ4n) is 5.24. The van der Waals surface area contributed by atoms with Gasteiger partial charge in [-0.25, -0.2) is 0 Å². The summed E-state index contributed by atoms with van der Waals surface area (Å²) in [5.41, 5.74) is 13.7. The molecule has 0 saturated carbocycles. The lowest BCUT2D eigenvalue weighted by Gasteiger charge is -2.14. The summed E-state index contributed by atoms with van der Waals surface area (Å²) < 4.78 is 0. The van der Waals surface area contributed by atoms with E-state index < -0.39 is 0 Å². The third-order valence-corrected chi connectivity index (χ3v) is 7.50. The minimum Gasteiger partial charge on any atom is -0.273 e. The Morgan fingerprint density at radius 1 is 0.535 bits per heavy atom. The summed E-state index contributed by atoms with van der Waals surface area (Å²) in [6, 6.07) is 41.1. The van der Waals surface area contributed by atoms with Crippen molar-refractivity contribution >= 4 is 12.3 Å². The molecule has 0 N–H and O–H groups in total. The largest absolute Gasteiger partial charge is 0.273 e. The minimum absolute atomic E-state index is 1.10. The van der Waals surface area contributed by atoms with Crippen LogP contribution in [0.15, 0.2) is 163 Å². The number of pyridine rings is 2. The van der Waals surface area contributed by atoms with Crippen LogP contribution in [0.2, 0.25) is 0 Å². The van der Waals surface area contributed by atoms with Gasteiger partial charge in [0.2, 0.25) is 0 Å².